The number of hydrogen-bond acceptors (Lipinski definition) is 3. The van der Waals surface area contributed by atoms with E-state index in [2.05, 4.69) is 46.6 Å². The zero-order valence-corrected chi connectivity index (χ0v) is 16.6. The Hall–Kier alpha value is -1.98. The quantitative estimate of drug-likeness (QED) is 0.792. The van der Waals surface area contributed by atoms with Crippen molar-refractivity contribution in [3.8, 4) is 0 Å². The molecule has 27 heavy (non-hydrogen) atoms. The first-order chi connectivity index (χ1) is 13.2. The van der Waals surface area contributed by atoms with Crippen molar-refractivity contribution in [3.05, 3.63) is 60.2 Å². The van der Waals surface area contributed by atoms with Crippen LogP contribution < -0.4 is 5.32 Å². The molecule has 2 aliphatic rings. The SMILES string of the molecule is CSc1cccc(NC(=O)N2CC(N3CCC(c4ccccc4)CC3)C2)c1. The molecule has 4 nitrogen and oxygen atoms in total. The number of anilines is 1. The molecule has 2 fully saturated rings. The van der Waals surface area contributed by atoms with E-state index in [9.17, 15) is 4.79 Å². The molecular weight excluding hydrogens is 354 g/mol. The Morgan fingerprint density at radius 3 is 2.48 bits per heavy atom. The largest absolute Gasteiger partial charge is 0.321 e. The Kier molecular flexibility index (Phi) is 5.69. The summed E-state index contributed by atoms with van der Waals surface area (Å²) in [5, 5.41) is 3.03. The van der Waals surface area contributed by atoms with Crippen molar-refractivity contribution < 1.29 is 4.79 Å². The smallest absolute Gasteiger partial charge is 0.321 e. The summed E-state index contributed by atoms with van der Waals surface area (Å²) in [5.41, 5.74) is 2.35. The molecule has 0 unspecified atom stereocenters. The summed E-state index contributed by atoms with van der Waals surface area (Å²) in [6, 6.07) is 19.4. The second-order valence-corrected chi connectivity index (χ2v) is 8.32. The highest BCUT2D eigenvalue weighted by molar-refractivity contribution is 7.98. The van der Waals surface area contributed by atoms with Gasteiger partial charge in [-0.05, 0) is 61.9 Å². The lowest BCUT2D eigenvalue weighted by Gasteiger charge is -2.47. The number of urea groups is 1. The van der Waals surface area contributed by atoms with Crippen LogP contribution in [0.3, 0.4) is 0 Å². The van der Waals surface area contributed by atoms with Crippen LogP contribution in [0, 0.1) is 0 Å². The number of carbonyl (C=O) groups is 1. The van der Waals surface area contributed by atoms with Crippen LogP contribution in [0.15, 0.2) is 59.5 Å². The maximum Gasteiger partial charge on any atom is 0.321 e. The Labute approximate surface area is 165 Å². The summed E-state index contributed by atoms with van der Waals surface area (Å²) in [4.78, 5) is 18.1. The molecule has 2 aromatic carbocycles. The minimum absolute atomic E-state index is 0.0173. The molecule has 0 aliphatic carbocycles. The lowest BCUT2D eigenvalue weighted by atomic mass is 9.88. The minimum atomic E-state index is 0.0173. The molecule has 5 heteroatoms. The predicted octanol–water partition coefficient (Wildman–Crippen LogP) is 4.50. The molecule has 0 radical (unpaired) electrons. The van der Waals surface area contributed by atoms with Crippen LogP contribution in [0.5, 0.6) is 0 Å². The fourth-order valence-electron chi connectivity index (χ4n) is 4.08. The van der Waals surface area contributed by atoms with E-state index in [4.69, 9.17) is 0 Å². The molecule has 2 saturated heterocycles. The topological polar surface area (TPSA) is 35.6 Å². The first-order valence-electron chi connectivity index (χ1n) is 9.72. The summed E-state index contributed by atoms with van der Waals surface area (Å²) in [7, 11) is 0. The fraction of sp³-hybridized carbons (Fsp3) is 0.409. The van der Waals surface area contributed by atoms with Gasteiger partial charge in [-0.3, -0.25) is 4.90 Å². The van der Waals surface area contributed by atoms with Gasteiger partial charge >= 0.3 is 6.03 Å². The van der Waals surface area contributed by atoms with Crippen molar-refractivity contribution in [2.75, 3.05) is 37.8 Å². The molecule has 0 spiro atoms. The number of likely N-dealkylation sites (tertiary alicyclic amines) is 2. The van der Waals surface area contributed by atoms with Crippen molar-refractivity contribution in [2.45, 2.75) is 29.7 Å². The summed E-state index contributed by atoms with van der Waals surface area (Å²) in [6.45, 7) is 3.94. The van der Waals surface area contributed by atoms with Crippen LogP contribution in [0.1, 0.15) is 24.3 Å². The zero-order chi connectivity index (χ0) is 18.6. The number of carbonyl (C=O) groups excluding carboxylic acids is 1. The standard InChI is InChI=1S/C22H27N3OS/c1-27-21-9-5-8-19(14-21)23-22(26)25-15-20(16-25)24-12-10-18(11-13-24)17-6-3-2-4-7-17/h2-9,14,18,20H,10-13,15-16H2,1H3,(H,23,26). The average molecular weight is 382 g/mol. The first-order valence-corrected chi connectivity index (χ1v) is 10.9. The number of piperidine rings is 1. The zero-order valence-electron chi connectivity index (χ0n) is 15.8. The van der Waals surface area contributed by atoms with Gasteiger partial charge in [0.1, 0.15) is 0 Å². The number of nitrogens with one attached hydrogen (secondary N) is 1. The molecular formula is C22H27N3OS. The molecule has 2 aromatic rings. The number of nitrogens with zero attached hydrogens (tertiary/aromatic N) is 2. The summed E-state index contributed by atoms with van der Waals surface area (Å²) in [5.74, 6) is 0.686. The minimum Gasteiger partial charge on any atom is -0.321 e. The molecule has 0 bridgehead atoms. The number of thioether (sulfide) groups is 1. The Morgan fingerprint density at radius 2 is 1.78 bits per heavy atom. The van der Waals surface area contributed by atoms with Gasteiger partial charge in [0, 0.05) is 29.7 Å². The van der Waals surface area contributed by atoms with Crippen LogP contribution in [0.2, 0.25) is 0 Å². The van der Waals surface area contributed by atoms with Gasteiger partial charge in [-0.2, -0.15) is 0 Å². The van der Waals surface area contributed by atoms with E-state index in [1.807, 2.05) is 29.4 Å². The van der Waals surface area contributed by atoms with Gasteiger partial charge in [0.2, 0.25) is 0 Å². The van der Waals surface area contributed by atoms with E-state index >= 15 is 0 Å². The molecule has 2 aliphatic heterocycles. The number of hydrogen-bond donors (Lipinski definition) is 1. The van der Waals surface area contributed by atoms with Crippen molar-refractivity contribution in [1.29, 1.82) is 0 Å². The molecule has 142 valence electrons. The Balaban J connectivity index is 1.23. The molecule has 0 saturated carbocycles. The molecule has 1 N–H and O–H groups in total. The first kappa shape index (κ1) is 18.4. The van der Waals surface area contributed by atoms with Crippen molar-refractivity contribution in [3.63, 3.8) is 0 Å². The van der Waals surface area contributed by atoms with E-state index in [1.54, 1.807) is 11.8 Å². The monoisotopic (exact) mass is 381 g/mol. The molecule has 2 heterocycles. The van der Waals surface area contributed by atoms with E-state index in [-0.39, 0.29) is 6.03 Å². The maximum absolute atomic E-state index is 12.4. The number of benzene rings is 2. The molecule has 0 atom stereocenters. The van der Waals surface area contributed by atoms with Crippen LogP contribution in [0.25, 0.3) is 0 Å². The van der Waals surface area contributed by atoms with Crippen LogP contribution >= 0.6 is 11.8 Å². The highest BCUT2D eigenvalue weighted by Gasteiger charge is 2.36. The summed E-state index contributed by atoms with van der Waals surface area (Å²) >= 11 is 1.68. The third-order valence-electron chi connectivity index (χ3n) is 5.79. The fourth-order valence-corrected chi connectivity index (χ4v) is 4.54. The number of rotatable bonds is 4. The lowest BCUT2D eigenvalue weighted by Crippen LogP contribution is -2.62. The molecule has 0 aromatic heterocycles. The second kappa shape index (κ2) is 8.36. The van der Waals surface area contributed by atoms with E-state index in [1.165, 1.54) is 18.4 Å². The van der Waals surface area contributed by atoms with E-state index < -0.39 is 0 Å². The van der Waals surface area contributed by atoms with E-state index in [0.717, 1.165) is 36.8 Å². The predicted molar refractivity (Wildman–Crippen MR) is 113 cm³/mol. The summed E-state index contributed by atoms with van der Waals surface area (Å²) in [6.07, 6.45) is 4.48. The van der Waals surface area contributed by atoms with Gasteiger partial charge in [-0.1, -0.05) is 36.4 Å². The van der Waals surface area contributed by atoms with Crippen molar-refractivity contribution in [1.82, 2.24) is 9.80 Å². The van der Waals surface area contributed by atoms with Gasteiger partial charge in [0.05, 0.1) is 0 Å². The van der Waals surface area contributed by atoms with Crippen LogP contribution in [-0.2, 0) is 0 Å². The van der Waals surface area contributed by atoms with Gasteiger partial charge in [-0.15, -0.1) is 11.8 Å². The van der Waals surface area contributed by atoms with Crippen molar-refractivity contribution in [2.24, 2.45) is 0 Å². The second-order valence-electron chi connectivity index (χ2n) is 7.44. The normalized spacial score (nSPS) is 18.9. The van der Waals surface area contributed by atoms with E-state index in [0.29, 0.717) is 12.0 Å². The Bertz CT molecular complexity index is 768. The van der Waals surface area contributed by atoms with Crippen LogP contribution in [0.4, 0.5) is 10.5 Å². The average Bonchev–Trinajstić information content (AvgIpc) is 2.68. The maximum atomic E-state index is 12.4. The highest BCUT2D eigenvalue weighted by atomic mass is 32.2. The lowest BCUT2D eigenvalue weighted by molar-refractivity contribution is 0.0454. The van der Waals surface area contributed by atoms with Gasteiger partial charge in [0.25, 0.3) is 0 Å². The summed E-state index contributed by atoms with van der Waals surface area (Å²) < 4.78 is 0. The van der Waals surface area contributed by atoms with Crippen molar-refractivity contribution >= 4 is 23.5 Å². The number of amides is 2. The van der Waals surface area contributed by atoms with Gasteiger partial charge < -0.3 is 10.2 Å². The Morgan fingerprint density at radius 1 is 1.04 bits per heavy atom. The molecule has 4 rings (SSSR count). The third-order valence-corrected chi connectivity index (χ3v) is 6.51. The molecule has 2 amide bonds. The van der Waals surface area contributed by atoms with Crippen LogP contribution in [-0.4, -0.2) is 54.3 Å². The van der Waals surface area contributed by atoms with Gasteiger partial charge in [0.15, 0.2) is 0 Å². The van der Waals surface area contributed by atoms with Gasteiger partial charge in [-0.25, -0.2) is 4.79 Å². The highest BCUT2D eigenvalue weighted by Crippen LogP contribution is 2.30. The third kappa shape index (κ3) is 4.30.